The van der Waals surface area contributed by atoms with Gasteiger partial charge in [0.2, 0.25) is 0 Å². The maximum absolute atomic E-state index is 12.7. The first kappa shape index (κ1) is 23.3. The predicted octanol–water partition coefficient (Wildman–Crippen LogP) is 3.28. The molecule has 0 radical (unpaired) electrons. The molecule has 9 nitrogen and oxygen atoms in total. The molecule has 0 saturated carbocycles. The lowest BCUT2D eigenvalue weighted by atomic mass is 10.2. The first-order valence-corrected chi connectivity index (χ1v) is 13.2. The van der Waals surface area contributed by atoms with Gasteiger partial charge in [0.25, 0.3) is 0 Å². The molecule has 2 amide bonds. The normalized spacial score (nSPS) is 16.5. The zero-order valence-electron chi connectivity index (χ0n) is 18.6. The van der Waals surface area contributed by atoms with Crippen LogP contribution in [0.4, 0.5) is 15.4 Å². The van der Waals surface area contributed by atoms with Crippen molar-refractivity contribution in [3.05, 3.63) is 11.3 Å². The molecule has 0 aromatic carbocycles. The van der Waals surface area contributed by atoms with E-state index in [1.165, 1.54) is 16.8 Å². The summed E-state index contributed by atoms with van der Waals surface area (Å²) in [5.41, 5.74) is 2.96. The van der Waals surface area contributed by atoms with Crippen molar-refractivity contribution in [1.82, 2.24) is 14.7 Å². The van der Waals surface area contributed by atoms with E-state index in [0.29, 0.717) is 18.7 Å². The van der Waals surface area contributed by atoms with Crippen molar-refractivity contribution in [2.24, 2.45) is 0 Å². The first-order chi connectivity index (χ1) is 13.7. The molecule has 1 aromatic heterocycles. The van der Waals surface area contributed by atoms with Crippen LogP contribution >= 0.6 is 0 Å². The molecule has 2 heterocycles. The minimum absolute atomic E-state index is 0.183. The van der Waals surface area contributed by atoms with Crippen molar-refractivity contribution in [3.63, 3.8) is 0 Å². The van der Waals surface area contributed by atoms with E-state index >= 15 is 0 Å². The molecule has 2 rings (SSSR count). The number of carbonyl (C=O) groups is 2. The van der Waals surface area contributed by atoms with Crippen molar-refractivity contribution >= 4 is 26.1 Å². The highest BCUT2D eigenvalue weighted by Gasteiger charge is 2.34. The van der Waals surface area contributed by atoms with E-state index in [0.717, 1.165) is 0 Å². The van der Waals surface area contributed by atoms with E-state index in [2.05, 4.69) is 42.3 Å². The fourth-order valence-electron chi connectivity index (χ4n) is 2.97. The van der Waals surface area contributed by atoms with Gasteiger partial charge in [-0.05, 0) is 27.2 Å². The smallest absolute Gasteiger partial charge is 0.415 e. The van der Waals surface area contributed by atoms with Gasteiger partial charge in [-0.2, -0.15) is 10.4 Å². The molecule has 0 bridgehead atoms. The van der Waals surface area contributed by atoms with Crippen LogP contribution in [0, 0.1) is 22.8 Å². The fraction of sp³-hybridized carbons (Fsp3) is 0.600. The molecule has 162 valence electrons. The van der Waals surface area contributed by atoms with Crippen LogP contribution in [0.15, 0.2) is 0 Å². The molecule has 1 fully saturated rings. The topological polar surface area (TPSA) is 112 Å². The largest absolute Gasteiger partial charge is 0.465 e. The quantitative estimate of drug-likeness (QED) is 0.568. The lowest BCUT2D eigenvalue weighted by molar-refractivity contribution is 0.0586. The van der Waals surface area contributed by atoms with Crippen molar-refractivity contribution in [1.29, 1.82) is 5.26 Å². The van der Waals surface area contributed by atoms with Crippen LogP contribution in [0.1, 0.15) is 44.5 Å². The molecular formula is C20H29N5O4Si. The Morgan fingerprint density at radius 1 is 1.33 bits per heavy atom. The van der Waals surface area contributed by atoms with Crippen molar-refractivity contribution in [3.8, 4) is 17.5 Å². The summed E-state index contributed by atoms with van der Waals surface area (Å²) in [5, 5.41) is 23.7. The standard InChI is InChI=1S/C20H29N5O4Si/c1-20(2,3)29-19(28)23(4)17-15(12-21)16(9-11-30(5,6)7)22-25(17)14-8-10-24(13-14)18(26)27/h14H,8,10,13H2,1-7H3,(H,26,27)/t14-/m0/s1. The van der Waals surface area contributed by atoms with Crippen LogP contribution in [0.5, 0.6) is 0 Å². The summed E-state index contributed by atoms with van der Waals surface area (Å²) >= 11 is 0. The van der Waals surface area contributed by atoms with Gasteiger partial charge in [0.1, 0.15) is 25.3 Å². The lowest BCUT2D eigenvalue weighted by Gasteiger charge is -2.26. The minimum atomic E-state index is -1.73. The highest BCUT2D eigenvalue weighted by atomic mass is 28.3. The molecule has 10 heteroatoms. The molecular weight excluding hydrogens is 402 g/mol. The van der Waals surface area contributed by atoms with Gasteiger partial charge in [-0.3, -0.25) is 4.90 Å². The minimum Gasteiger partial charge on any atom is -0.465 e. The third-order valence-corrected chi connectivity index (χ3v) is 5.19. The number of hydrogen-bond acceptors (Lipinski definition) is 5. The number of anilines is 1. The maximum Gasteiger partial charge on any atom is 0.415 e. The Hall–Kier alpha value is -2.98. The molecule has 0 spiro atoms. The Labute approximate surface area is 178 Å². The van der Waals surface area contributed by atoms with Crippen LogP contribution < -0.4 is 4.90 Å². The molecule has 1 atom stereocenters. The Kier molecular flexibility index (Phi) is 6.53. The number of nitrogens with zero attached hydrogens (tertiary/aromatic N) is 5. The van der Waals surface area contributed by atoms with Gasteiger partial charge in [0.05, 0.1) is 6.04 Å². The number of carboxylic acid groups (broad SMARTS) is 1. The number of rotatable bonds is 2. The number of carbonyl (C=O) groups excluding carboxylic acids is 1. The molecule has 1 N–H and O–H groups in total. The zero-order valence-corrected chi connectivity index (χ0v) is 19.6. The molecule has 1 aliphatic heterocycles. The monoisotopic (exact) mass is 431 g/mol. The number of ether oxygens (including phenoxy) is 1. The number of hydrogen-bond donors (Lipinski definition) is 1. The first-order valence-electron chi connectivity index (χ1n) is 9.74. The van der Waals surface area contributed by atoms with Gasteiger partial charge in [0.15, 0.2) is 11.5 Å². The third kappa shape index (κ3) is 5.54. The average Bonchev–Trinajstić information content (AvgIpc) is 3.21. The molecule has 1 aromatic rings. The second-order valence-electron chi connectivity index (χ2n) is 9.31. The van der Waals surface area contributed by atoms with Gasteiger partial charge in [-0.1, -0.05) is 25.6 Å². The Balaban J connectivity index is 2.57. The lowest BCUT2D eigenvalue weighted by Crippen LogP contribution is -2.36. The Morgan fingerprint density at radius 2 is 1.97 bits per heavy atom. The summed E-state index contributed by atoms with van der Waals surface area (Å²) in [6, 6.07) is 1.82. The summed E-state index contributed by atoms with van der Waals surface area (Å²) in [7, 11) is -0.217. The van der Waals surface area contributed by atoms with Crippen molar-refractivity contribution < 1.29 is 19.4 Å². The van der Waals surface area contributed by atoms with Crippen molar-refractivity contribution in [2.75, 3.05) is 25.0 Å². The highest BCUT2D eigenvalue weighted by Crippen LogP contribution is 2.31. The van der Waals surface area contributed by atoms with Gasteiger partial charge in [-0.15, -0.1) is 5.54 Å². The number of likely N-dealkylation sites (tertiary alicyclic amines) is 1. The van der Waals surface area contributed by atoms with Gasteiger partial charge < -0.3 is 14.7 Å². The van der Waals surface area contributed by atoms with Gasteiger partial charge >= 0.3 is 12.2 Å². The van der Waals surface area contributed by atoms with Crippen LogP contribution in [-0.4, -0.2) is 65.8 Å². The molecule has 1 aliphatic rings. The molecule has 1 saturated heterocycles. The number of aromatic nitrogens is 2. The summed E-state index contributed by atoms with van der Waals surface area (Å²) in [5.74, 6) is 3.28. The second kappa shape index (κ2) is 8.40. The van der Waals surface area contributed by atoms with Crippen LogP contribution in [-0.2, 0) is 4.74 Å². The van der Waals surface area contributed by atoms with Crippen LogP contribution in [0.2, 0.25) is 19.6 Å². The summed E-state index contributed by atoms with van der Waals surface area (Å²) < 4.78 is 7.01. The zero-order chi connectivity index (χ0) is 22.9. The van der Waals surface area contributed by atoms with E-state index in [9.17, 15) is 20.0 Å². The molecule has 0 unspecified atom stereocenters. The Bertz CT molecular complexity index is 940. The van der Waals surface area contributed by atoms with E-state index < -0.39 is 25.9 Å². The fourth-order valence-corrected chi connectivity index (χ4v) is 3.46. The summed E-state index contributed by atoms with van der Waals surface area (Å²) in [6.07, 6.45) is -1.11. The molecule has 30 heavy (non-hydrogen) atoms. The van der Waals surface area contributed by atoms with Crippen LogP contribution in [0.3, 0.4) is 0 Å². The predicted molar refractivity (Wildman–Crippen MR) is 115 cm³/mol. The number of amides is 2. The molecule has 0 aliphatic carbocycles. The highest BCUT2D eigenvalue weighted by molar-refractivity contribution is 6.83. The maximum atomic E-state index is 12.7. The van der Waals surface area contributed by atoms with E-state index in [1.54, 1.807) is 25.5 Å². The average molecular weight is 432 g/mol. The number of nitriles is 1. The van der Waals surface area contributed by atoms with Gasteiger partial charge in [-0.25, -0.2) is 14.3 Å². The SMILES string of the molecule is CN(C(=O)OC(C)(C)C)c1c(C#N)c(C#C[Si](C)(C)C)nn1[C@H]1CCN(C(=O)O)C1. The third-order valence-electron chi connectivity index (χ3n) is 4.32. The van der Waals surface area contributed by atoms with E-state index in [-0.39, 0.29) is 24.0 Å². The van der Waals surface area contributed by atoms with E-state index in [4.69, 9.17) is 4.74 Å². The van der Waals surface area contributed by atoms with Crippen molar-refractivity contribution in [2.45, 2.75) is 58.5 Å². The second-order valence-corrected chi connectivity index (χ2v) is 14.1. The summed E-state index contributed by atoms with van der Waals surface area (Å²) in [4.78, 5) is 26.6. The van der Waals surface area contributed by atoms with E-state index in [1.807, 2.05) is 0 Å². The Morgan fingerprint density at radius 3 is 2.43 bits per heavy atom. The summed E-state index contributed by atoms with van der Waals surface area (Å²) in [6.45, 7) is 12.1. The van der Waals surface area contributed by atoms with Gasteiger partial charge in [0, 0.05) is 20.1 Å². The van der Waals surface area contributed by atoms with Crippen LogP contribution in [0.25, 0.3) is 0 Å².